The molecule has 0 bridgehead atoms. The Morgan fingerprint density at radius 1 is 1.11 bits per heavy atom. The van der Waals surface area contributed by atoms with E-state index in [2.05, 4.69) is 29.9 Å². The van der Waals surface area contributed by atoms with Crippen molar-refractivity contribution in [2.75, 3.05) is 6.61 Å². The van der Waals surface area contributed by atoms with Crippen LogP contribution in [0.1, 0.15) is 64.5 Å². The molecule has 0 spiro atoms. The van der Waals surface area contributed by atoms with Crippen molar-refractivity contribution >= 4 is 11.5 Å². The summed E-state index contributed by atoms with van der Waals surface area (Å²) in [4.78, 5) is 20.8. The Morgan fingerprint density at radius 3 is 2.81 bits per heavy atom. The molecule has 3 fully saturated rings. The highest BCUT2D eigenvalue weighted by molar-refractivity contribution is 5.70. The summed E-state index contributed by atoms with van der Waals surface area (Å²) in [5, 5.41) is 0. The molecule has 27 heavy (non-hydrogen) atoms. The number of hydrogen-bond acceptors (Lipinski definition) is 4. The first-order valence-electron chi connectivity index (χ1n) is 10.6. The van der Waals surface area contributed by atoms with E-state index in [0.29, 0.717) is 24.9 Å². The van der Waals surface area contributed by atoms with Gasteiger partial charge in [0.2, 0.25) is 0 Å². The van der Waals surface area contributed by atoms with Crippen LogP contribution >= 0.6 is 0 Å². The van der Waals surface area contributed by atoms with Crippen LogP contribution in [0.5, 0.6) is 0 Å². The fraction of sp³-hybridized carbons (Fsp3) is 0.696. The zero-order chi connectivity index (χ0) is 18.6. The van der Waals surface area contributed by atoms with Crippen LogP contribution < -0.4 is 0 Å². The van der Waals surface area contributed by atoms with Crippen molar-refractivity contribution in [1.29, 1.82) is 0 Å². The molecular weight excluding hydrogens is 336 g/mol. The summed E-state index contributed by atoms with van der Waals surface area (Å²) in [5.41, 5.74) is 2.96. The Morgan fingerprint density at radius 2 is 2.00 bits per heavy atom. The predicted molar refractivity (Wildman–Crippen MR) is 103 cm³/mol. The molecule has 0 N–H and O–H groups in total. The average molecular weight is 367 g/mol. The monoisotopic (exact) mass is 366 g/mol. The van der Waals surface area contributed by atoms with Crippen molar-refractivity contribution in [3.8, 4) is 0 Å². The molecule has 0 unspecified atom stereocenters. The van der Waals surface area contributed by atoms with Crippen molar-refractivity contribution in [2.24, 2.45) is 34.5 Å². The molecule has 1 aromatic heterocycles. The van der Waals surface area contributed by atoms with E-state index in [-0.39, 0.29) is 16.8 Å². The van der Waals surface area contributed by atoms with Gasteiger partial charge in [0.25, 0.3) is 0 Å². The normalized spacial score (nSPS) is 43.6. The van der Waals surface area contributed by atoms with Gasteiger partial charge in [0, 0.05) is 18.8 Å². The van der Waals surface area contributed by atoms with E-state index in [1.54, 1.807) is 6.20 Å². The number of hydrogen-bond donors (Lipinski definition) is 0. The van der Waals surface area contributed by atoms with Crippen LogP contribution in [0.3, 0.4) is 0 Å². The largest absolute Gasteiger partial charge is 0.465 e. The topological polar surface area (TPSA) is 52.1 Å². The molecular formula is C23H30N2O2. The lowest BCUT2D eigenvalue weighted by atomic mass is 9.46. The minimum atomic E-state index is 0.00953. The summed E-state index contributed by atoms with van der Waals surface area (Å²) in [6.45, 7) is 5.57. The summed E-state index contributed by atoms with van der Waals surface area (Å²) >= 11 is 0. The van der Waals surface area contributed by atoms with Crippen LogP contribution in [-0.2, 0) is 9.53 Å². The minimum Gasteiger partial charge on any atom is -0.465 e. The van der Waals surface area contributed by atoms with Gasteiger partial charge in [-0.25, -0.2) is 0 Å². The van der Waals surface area contributed by atoms with Crippen molar-refractivity contribution < 1.29 is 9.53 Å². The molecule has 144 valence electrons. The number of carbonyl (C=O) groups excluding carboxylic acids is 1. The van der Waals surface area contributed by atoms with E-state index in [0.717, 1.165) is 24.0 Å². The minimum absolute atomic E-state index is 0.00953. The van der Waals surface area contributed by atoms with E-state index in [9.17, 15) is 4.79 Å². The van der Waals surface area contributed by atoms with Crippen LogP contribution in [0, 0.1) is 34.5 Å². The van der Waals surface area contributed by atoms with Crippen LogP contribution in [0.4, 0.5) is 0 Å². The molecule has 0 amide bonds. The highest BCUT2D eigenvalue weighted by Gasteiger charge is 2.58. The molecule has 3 aliphatic carbocycles. The van der Waals surface area contributed by atoms with Gasteiger partial charge in [-0.3, -0.25) is 14.8 Å². The zero-order valence-corrected chi connectivity index (χ0v) is 16.5. The Hall–Kier alpha value is -1.71. The maximum atomic E-state index is 11.9. The average Bonchev–Trinajstić information content (AvgIpc) is 2.95. The van der Waals surface area contributed by atoms with E-state index >= 15 is 0 Å². The second kappa shape index (κ2) is 6.15. The summed E-state index contributed by atoms with van der Waals surface area (Å²) in [6, 6.07) is 0. The SMILES string of the molecule is C[C@]12CCC(=O)OC[C@@H]1CC[C@@H]1[C@@H]2CC[C@]2(C)C(c3cnccn3)=CC[C@@H]12. The second-order valence-corrected chi connectivity index (χ2v) is 9.74. The van der Waals surface area contributed by atoms with Gasteiger partial charge in [0.1, 0.15) is 0 Å². The summed E-state index contributed by atoms with van der Waals surface area (Å²) in [6.07, 6.45) is 15.7. The fourth-order valence-electron chi connectivity index (χ4n) is 7.24. The smallest absolute Gasteiger partial charge is 0.305 e. The van der Waals surface area contributed by atoms with Crippen molar-refractivity contribution in [3.63, 3.8) is 0 Å². The number of aromatic nitrogens is 2. The third-order valence-corrected chi connectivity index (χ3v) is 8.80. The van der Waals surface area contributed by atoms with Gasteiger partial charge in [-0.05, 0) is 78.6 Å². The lowest BCUT2D eigenvalue weighted by Gasteiger charge is -2.58. The molecule has 4 nitrogen and oxygen atoms in total. The van der Waals surface area contributed by atoms with Gasteiger partial charge in [0.15, 0.2) is 0 Å². The number of cyclic esters (lactones) is 1. The maximum Gasteiger partial charge on any atom is 0.305 e. The lowest BCUT2D eigenvalue weighted by Crippen LogP contribution is -2.51. The molecule has 4 aliphatic rings. The molecule has 4 heteroatoms. The number of nitrogens with zero attached hydrogens (tertiary/aromatic N) is 2. The Balaban J connectivity index is 1.45. The van der Waals surface area contributed by atoms with E-state index in [1.807, 2.05) is 12.4 Å². The van der Waals surface area contributed by atoms with Gasteiger partial charge in [0.05, 0.1) is 18.5 Å². The Kier molecular flexibility index (Phi) is 3.96. The molecule has 2 saturated carbocycles. The number of esters is 1. The van der Waals surface area contributed by atoms with Crippen molar-refractivity contribution in [3.05, 3.63) is 30.4 Å². The third-order valence-electron chi connectivity index (χ3n) is 8.80. The summed E-state index contributed by atoms with van der Waals surface area (Å²) < 4.78 is 5.53. The molecule has 1 saturated heterocycles. The Bertz CT molecular complexity index is 776. The third kappa shape index (κ3) is 2.51. The van der Waals surface area contributed by atoms with Crippen LogP contribution in [0.2, 0.25) is 0 Å². The van der Waals surface area contributed by atoms with Gasteiger partial charge >= 0.3 is 5.97 Å². The molecule has 6 atom stereocenters. The van der Waals surface area contributed by atoms with Gasteiger partial charge in [-0.2, -0.15) is 0 Å². The summed E-state index contributed by atoms with van der Waals surface area (Å²) in [5.74, 6) is 2.73. The number of fused-ring (bicyclic) bond motifs is 5. The number of rotatable bonds is 1. The first kappa shape index (κ1) is 17.4. The van der Waals surface area contributed by atoms with E-state index in [4.69, 9.17) is 4.74 Å². The van der Waals surface area contributed by atoms with E-state index < -0.39 is 0 Å². The standard InChI is InChI=1S/C23H30N2O2/c1-22-10-8-21(26)27-14-15(22)3-4-16-17-5-6-19(20-13-24-11-12-25-20)23(17,2)9-7-18(16)22/h6,11-13,15-18H,3-5,7-10,14H2,1-2H3/t15-,16-,17-,18-,22-,23-/m0/s1. The number of ether oxygens (including phenoxy) is 1. The second-order valence-electron chi connectivity index (χ2n) is 9.74. The predicted octanol–water partition coefficient (Wildman–Crippen LogP) is 4.67. The first-order valence-corrected chi connectivity index (χ1v) is 10.6. The Labute approximate surface area is 161 Å². The molecule has 2 heterocycles. The number of allylic oxidation sites excluding steroid dienone is 2. The lowest BCUT2D eigenvalue weighted by molar-refractivity contribution is -0.144. The highest BCUT2D eigenvalue weighted by Crippen LogP contribution is 2.66. The molecule has 0 aromatic carbocycles. The van der Waals surface area contributed by atoms with Crippen LogP contribution in [0.25, 0.3) is 5.57 Å². The van der Waals surface area contributed by atoms with Crippen LogP contribution in [0.15, 0.2) is 24.7 Å². The molecule has 0 radical (unpaired) electrons. The quantitative estimate of drug-likeness (QED) is 0.678. The van der Waals surface area contributed by atoms with Crippen LogP contribution in [-0.4, -0.2) is 22.5 Å². The molecule has 1 aliphatic heterocycles. The van der Waals surface area contributed by atoms with Crippen molar-refractivity contribution in [2.45, 2.75) is 58.8 Å². The first-order chi connectivity index (χ1) is 13.0. The molecule has 5 rings (SSSR count). The van der Waals surface area contributed by atoms with E-state index in [1.165, 1.54) is 37.7 Å². The number of carbonyl (C=O) groups is 1. The summed E-state index contributed by atoms with van der Waals surface area (Å²) in [7, 11) is 0. The van der Waals surface area contributed by atoms with Gasteiger partial charge in [-0.1, -0.05) is 19.9 Å². The molecule has 1 aromatic rings. The van der Waals surface area contributed by atoms with Crippen molar-refractivity contribution in [1.82, 2.24) is 9.97 Å². The zero-order valence-electron chi connectivity index (χ0n) is 16.5. The fourth-order valence-corrected chi connectivity index (χ4v) is 7.24. The van der Waals surface area contributed by atoms with Gasteiger partial charge < -0.3 is 4.74 Å². The van der Waals surface area contributed by atoms with Gasteiger partial charge in [-0.15, -0.1) is 0 Å². The highest BCUT2D eigenvalue weighted by atomic mass is 16.5. The maximum absolute atomic E-state index is 11.9.